The highest BCUT2D eigenvalue weighted by atomic mass is 14.4. The standard InChI is InChI=1S/C36H27N/c1-24(18-19-25(2)37)27-12-9-13-29(22-27)35-31-14-5-7-16-33(31)36(34-17-8-6-15-32(34)35)30-21-20-26-10-3-4-11-28(26)23-30/h3-23,37H,1H2,2H3/b19-18-,37-25?. The summed E-state index contributed by atoms with van der Waals surface area (Å²) in [4.78, 5) is 0. The zero-order chi connectivity index (χ0) is 25.4. The molecule has 176 valence electrons. The van der Waals surface area contributed by atoms with Crippen molar-refractivity contribution in [3.63, 3.8) is 0 Å². The second-order valence-electron chi connectivity index (χ2n) is 9.53. The zero-order valence-electron chi connectivity index (χ0n) is 20.8. The van der Waals surface area contributed by atoms with E-state index < -0.39 is 0 Å². The molecule has 0 bridgehead atoms. The molecule has 1 nitrogen and oxygen atoms in total. The van der Waals surface area contributed by atoms with E-state index in [0.717, 1.165) is 16.7 Å². The van der Waals surface area contributed by atoms with Crippen LogP contribution in [0.2, 0.25) is 0 Å². The molecule has 0 radical (unpaired) electrons. The third kappa shape index (κ3) is 4.15. The minimum atomic E-state index is 0.513. The Kier molecular flexibility index (Phi) is 5.75. The van der Waals surface area contributed by atoms with Gasteiger partial charge in [0.1, 0.15) is 0 Å². The minimum Gasteiger partial charge on any atom is -0.306 e. The van der Waals surface area contributed by atoms with Crippen LogP contribution in [0.4, 0.5) is 0 Å². The van der Waals surface area contributed by atoms with Gasteiger partial charge in [0.05, 0.1) is 0 Å². The van der Waals surface area contributed by atoms with Gasteiger partial charge in [-0.2, -0.15) is 0 Å². The highest BCUT2D eigenvalue weighted by molar-refractivity contribution is 6.21. The summed E-state index contributed by atoms with van der Waals surface area (Å²) < 4.78 is 0. The maximum Gasteiger partial charge on any atom is 0.0283 e. The lowest BCUT2D eigenvalue weighted by Crippen LogP contribution is -1.91. The smallest absolute Gasteiger partial charge is 0.0283 e. The number of nitrogens with one attached hydrogen (secondary N) is 1. The largest absolute Gasteiger partial charge is 0.306 e. The number of benzene rings is 6. The third-order valence-corrected chi connectivity index (χ3v) is 7.03. The van der Waals surface area contributed by atoms with E-state index in [0.29, 0.717) is 5.71 Å². The Hall–Kier alpha value is -4.75. The summed E-state index contributed by atoms with van der Waals surface area (Å²) in [6.45, 7) is 6.02. The van der Waals surface area contributed by atoms with Crippen LogP contribution in [-0.4, -0.2) is 5.71 Å². The number of allylic oxidation sites excluding steroid dienone is 3. The topological polar surface area (TPSA) is 23.9 Å². The molecule has 0 atom stereocenters. The first-order chi connectivity index (χ1) is 18.1. The van der Waals surface area contributed by atoms with Crippen molar-refractivity contribution in [2.45, 2.75) is 6.92 Å². The van der Waals surface area contributed by atoms with Gasteiger partial charge in [0.2, 0.25) is 0 Å². The Balaban J connectivity index is 1.64. The molecule has 1 N–H and O–H groups in total. The van der Waals surface area contributed by atoms with Gasteiger partial charge in [-0.05, 0) is 90.8 Å². The summed E-state index contributed by atoms with van der Waals surface area (Å²) in [5, 5.41) is 15.2. The molecule has 6 aromatic carbocycles. The molecule has 1 heteroatoms. The Labute approximate surface area is 217 Å². The predicted molar refractivity (Wildman–Crippen MR) is 161 cm³/mol. The summed E-state index contributed by atoms with van der Waals surface area (Å²) >= 11 is 0. The maximum absolute atomic E-state index is 7.72. The molecule has 6 aromatic rings. The summed E-state index contributed by atoms with van der Waals surface area (Å²) in [6, 6.07) is 41.4. The van der Waals surface area contributed by atoms with E-state index in [9.17, 15) is 0 Å². The summed E-state index contributed by atoms with van der Waals surface area (Å²) in [7, 11) is 0. The summed E-state index contributed by atoms with van der Waals surface area (Å²) in [5.74, 6) is 0. The first-order valence-corrected chi connectivity index (χ1v) is 12.6. The predicted octanol–water partition coefficient (Wildman–Crippen LogP) is 10.1. The van der Waals surface area contributed by atoms with Crippen LogP contribution in [0.25, 0.3) is 60.1 Å². The average molecular weight is 474 g/mol. The highest BCUT2D eigenvalue weighted by Gasteiger charge is 2.17. The molecule has 0 saturated carbocycles. The van der Waals surface area contributed by atoms with E-state index >= 15 is 0 Å². The van der Waals surface area contributed by atoms with E-state index in [-0.39, 0.29) is 0 Å². The van der Waals surface area contributed by atoms with Crippen molar-refractivity contribution in [2.75, 3.05) is 0 Å². The Morgan fingerprint density at radius 2 is 1.11 bits per heavy atom. The summed E-state index contributed by atoms with van der Waals surface area (Å²) in [6.07, 6.45) is 3.71. The van der Waals surface area contributed by atoms with Crippen molar-refractivity contribution in [2.24, 2.45) is 0 Å². The second kappa shape index (κ2) is 9.37. The van der Waals surface area contributed by atoms with Crippen LogP contribution < -0.4 is 0 Å². The lowest BCUT2D eigenvalue weighted by Gasteiger charge is -2.18. The molecule has 0 aromatic heterocycles. The fourth-order valence-electron chi connectivity index (χ4n) is 5.29. The van der Waals surface area contributed by atoms with Crippen LogP contribution in [0.1, 0.15) is 12.5 Å². The first-order valence-electron chi connectivity index (χ1n) is 12.6. The van der Waals surface area contributed by atoms with Crippen molar-refractivity contribution >= 4 is 43.6 Å². The monoisotopic (exact) mass is 473 g/mol. The average Bonchev–Trinajstić information content (AvgIpc) is 2.94. The van der Waals surface area contributed by atoms with Crippen LogP contribution >= 0.6 is 0 Å². The van der Waals surface area contributed by atoms with Gasteiger partial charge in [0, 0.05) is 5.71 Å². The molecular weight excluding hydrogens is 446 g/mol. The fourth-order valence-corrected chi connectivity index (χ4v) is 5.29. The van der Waals surface area contributed by atoms with Gasteiger partial charge < -0.3 is 5.41 Å². The van der Waals surface area contributed by atoms with E-state index in [1.54, 1.807) is 13.0 Å². The second-order valence-corrected chi connectivity index (χ2v) is 9.53. The summed E-state index contributed by atoms with van der Waals surface area (Å²) in [5.41, 5.74) is 7.36. The van der Waals surface area contributed by atoms with Gasteiger partial charge >= 0.3 is 0 Å². The fraction of sp³-hybridized carbons (Fsp3) is 0.0278. The molecule has 0 amide bonds. The van der Waals surface area contributed by atoms with E-state index in [1.165, 1.54) is 49.0 Å². The zero-order valence-corrected chi connectivity index (χ0v) is 20.8. The van der Waals surface area contributed by atoms with E-state index in [2.05, 4.69) is 122 Å². The molecule has 0 aliphatic heterocycles. The van der Waals surface area contributed by atoms with E-state index in [1.807, 2.05) is 6.08 Å². The van der Waals surface area contributed by atoms with Gasteiger partial charge in [0.25, 0.3) is 0 Å². The SMILES string of the molecule is C=C(/C=C\C(C)=N)c1cccc(-c2c3ccccc3c(-c3ccc4ccccc4c3)c3ccccc23)c1. The first kappa shape index (κ1) is 22.7. The van der Waals surface area contributed by atoms with Crippen LogP contribution in [0, 0.1) is 5.41 Å². The lowest BCUT2D eigenvalue weighted by atomic mass is 9.85. The maximum atomic E-state index is 7.72. The Bertz CT molecular complexity index is 1810. The van der Waals surface area contributed by atoms with Gasteiger partial charge in [0.15, 0.2) is 0 Å². The number of rotatable bonds is 5. The van der Waals surface area contributed by atoms with Crippen molar-refractivity contribution in [3.8, 4) is 22.3 Å². The molecule has 6 rings (SSSR count). The van der Waals surface area contributed by atoms with Gasteiger partial charge in [-0.1, -0.05) is 116 Å². The van der Waals surface area contributed by atoms with Crippen LogP contribution in [0.3, 0.4) is 0 Å². The molecule has 0 aliphatic carbocycles. The van der Waals surface area contributed by atoms with E-state index in [4.69, 9.17) is 5.41 Å². The van der Waals surface area contributed by atoms with Crippen molar-refractivity contribution < 1.29 is 0 Å². The Morgan fingerprint density at radius 3 is 1.70 bits per heavy atom. The Morgan fingerprint density at radius 1 is 0.568 bits per heavy atom. The molecule has 0 unspecified atom stereocenters. The molecule has 0 heterocycles. The van der Waals surface area contributed by atoms with Crippen LogP contribution in [0.15, 0.2) is 134 Å². The molecule has 0 fully saturated rings. The van der Waals surface area contributed by atoms with Crippen molar-refractivity contribution in [1.82, 2.24) is 0 Å². The highest BCUT2D eigenvalue weighted by Crippen LogP contribution is 2.44. The lowest BCUT2D eigenvalue weighted by molar-refractivity contribution is 1.50. The minimum absolute atomic E-state index is 0.513. The van der Waals surface area contributed by atoms with Crippen LogP contribution in [-0.2, 0) is 0 Å². The molecule has 0 saturated heterocycles. The molecular formula is C36H27N. The molecule has 37 heavy (non-hydrogen) atoms. The normalized spacial score (nSPS) is 11.5. The number of hydrogen-bond acceptors (Lipinski definition) is 1. The van der Waals surface area contributed by atoms with Gasteiger partial charge in [-0.3, -0.25) is 0 Å². The van der Waals surface area contributed by atoms with Gasteiger partial charge in [-0.25, -0.2) is 0 Å². The van der Waals surface area contributed by atoms with Crippen LogP contribution in [0.5, 0.6) is 0 Å². The molecule has 0 spiro atoms. The van der Waals surface area contributed by atoms with Crippen molar-refractivity contribution in [1.29, 1.82) is 5.41 Å². The quantitative estimate of drug-likeness (QED) is 0.146. The third-order valence-electron chi connectivity index (χ3n) is 7.03. The number of hydrogen-bond donors (Lipinski definition) is 1. The number of fused-ring (bicyclic) bond motifs is 3. The van der Waals surface area contributed by atoms with Crippen molar-refractivity contribution in [3.05, 3.63) is 140 Å². The molecule has 0 aliphatic rings. The van der Waals surface area contributed by atoms with Gasteiger partial charge in [-0.15, -0.1) is 0 Å².